The van der Waals surface area contributed by atoms with Gasteiger partial charge in [-0.15, -0.1) is 11.3 Å². The van der Waals surface area contributed by atoms with Gasteiger partial charge in [0.15, 0.2) is 0 Å². The van der Waals surface area contributed by atoms with Gasteiger partial charge in [0.25, 0.3) is 17.7 Å². The molecule has 16 nitrogen and oxygen atoms in total. The van der Waals surface area contributed by atoms with E-state index < -0.39 is 11.8 Å². The van der Waals surface area contributed by atoms with Crippen LogP contribution in [0.25, 0.3) is 21.4 Å². The van der Waals surface area contributed by atoms with Gasteiger partial charge in [0.05, 0.1) is 27.3 Å². The van der Waals surface area contributed by atoms with E-state index in [1.54, 1.807) is 54.9 Å². The molecule has 5 heterocycles. The van der Waals surface area contributed by atoms with Crippen LogP contribution in [-0.2, 0) is 26.2 Å². The third-order valence-corrected chi connectivity index (χ3v) is 8.92. The molecule has 0 fully saturated rings. The van der Waals surface area contributed by atoms with E-state index in [0.29, 0.717) is 62.1 Å². The molecule has 49 heavy (non-hydrogen) atoms. The maximum absolute atomic E-state index is 13.3. The number of thiophene rings is 1. The third kappa shape index (κ3) is 6.42. The number of amides is 4. The summed E-state index contributed by atoms with van der Waals surface area (Å²) in [6.45, 7) is 8.99. The highest BCUT2D eigenvalue weighted by Gasteiger charge is 2.21. The lowest BCUT2D eigenvalue weighted by atomic mass is 10.2. The number of nitrogens with two attached hydrogens (primary N) is 2. The zero-order chi connectivity index (χ0) is 35.0. The first-order valence-electron chi connectivity index (χ1n) is 15.4. The van der Waals surface area contributed by atoms with Gasteiger partial charge in [-0.25, -0.2) is 9.97 Å². The number of hydrogen-bond donors (Lipinski definition) is 4. The Balaban J connectivity index is 1.31. The molecule has 1 aromatic carbocycles. The Hall–Kier alpha value is -6.10. The van der Waals surface area contributed by atoms with Crippen LogP contribution in [0, 0.1) is 13.8 Å². The van der Waals surface area contributed by atoms with Crippen LogP contribution < -0.4 is 22.1 Å². The van der Waals surface area contributed by atoms with Crippen LogP contribution in [0.15, 0.2) is 48.6 Å². The van der Waals surface area contributed by atoms with Crippen molar-refractivity contribution in [2.75, 3.05) is 10.6 Å². The molecule has 6 aromatic rings. The standard InChI is InChI=1S/C32H34N12O4S/c1-5-43-23(13-17(3)39-43)28(47)37-31-35-20-15-19(26(33)45)9-10-22(20)41(31)11-7-8-12-42-30-21(16-25(49-30)27(34)46)36-32(42)38-29(48)24-14-18(4)40-44(24)6-2/h7-10,13-16H,5-6,11-12H2,1-4H3,(H2,33,45)(H2,34,46)(H,35,37,47)(H,36,38,48)/b8-7+. The summed E-state index contributed by atoms with van der Waals surface area (Å²) in [4.78, 5) is 60.6. The summed E-state index contributed by atoms with van der Waals surface area (Å²) in [5.74, 6) is -1.38. The number of primary amides is 2. The van der Waals surface area contributed by atoms with Gasteiger partial charge < -0.3 is 16.0 Å². The van der Waals surface area contributed by atoms with Gasteiger partial charge in [-0.05, 0) is 64.1 Å². The van der Waals surface area contributed by atoms with Gasteiger partial charge in [0.2, 0.25) is 17.8 Å². The van der Waals surface area contributed by atoms with Crippen LogP contribution in [0.5, 0.6) is 0 Å². The monoisotopic (exact) mass is 682 g/mol. The molecule has 6 rings (SSSR count). The van der Waals surface area contributed by atoms with Crippen LogP contribution in [0.1, 0.15) is 66.2 Å². The molecule has 17 heteroatoms. The largest absolute Gasteiger partial charge is 0.366 e. The van der Waals surface area contributed by atoms with Crippen molar-refractivity contribution in [3.63, 3.8) is 0 Å². The first kappa shape index (κ1) is 32.8. The fraction of sp³-hybridized carbons (Fsp3) is 0.250. The lowest BCUT2D eigenvalue weighted by molar-refractivity contribution is 0.0993. The number of allylic oxidation sites excluding steroid dienone is 2. The fourth-order valence-electron chi connectivity index (χ4n) is 5.50. The summed E-state index contributed by atoms with van der Waals surface area (Å²) >= 11 is 1.18. The van der Waals surface area contributed by atoms with Gasteiger partial charge in [0.1, 0.15) is 21.7 Å². The van der Waals surface area contributed by atoms with E-state index in [4.69, 9.17) is 11.5 Å². The van der Waals surface area contributed by atoms with Gasteiger partial charge in [-0.3, -0.25) is 43.7 Å². The average molecular weight is 683 g/mol. The number of aromatic nitrogens is 8. The molecule has 0 radical (unpaired) electrons. The van der Waals surface area contributed by atoms with Crippen LogP contribution in [0.3, 0.4) is 0 Å². The van der Waals surface area contributed by atoms with Gasteiger partial charge in [-0.2, -0.15) is 10.2 Å². The quantitative estimate of drug-likeness (QED) is 0.140. The highest BCUT2D eigenvalue weighted by Crippen LogP contribution is 2.29. The summed E-state index contributed by atoms with van der Waals surface area (Å²) < 4.78 is 6.80. The number of hydrogen-bond acceptors (Lipinski definition) is 9. The Kier molecular flexibility index (Phi) is 8.84. The van der Waals surface area contributed by atoms with Crippen molar-refractivity contribution in [1.29, 1.82) is 0 Å². The number of anilines is 2. The van der Waals surface area contributed by atoms with Crippen molar-refractivity contribution in [2.45, 2.75) is 53.9 Å². The second kappa shape index (κ2) is 13.2. The summed E-state index contributed by atoms with van der Waals surface area (Å²) in [7, 11) is 0. The molecule has 0 spiro atoms. The highest BCUT2D eigenvalue weighted by atomic mass is 32.1. The number of benzene rings is 1. The van der Waals surface area contributed by atoms with E-state index in [1.807, 2.05) is 39.8 Å². The number of imidazole rings is 2. The summed E-state index contributed by atoms with van der Waals surface area (Å²) in [5.41, 5.74) is 15.2. The second-order valence-corrected chi connectivity index (χ2v) is 12.2. The maximum Gasteiger partial charge on any atom is 0.276 e. The number of carbonyl (C=O) groups excluding carboxylic acids is 4. The van der Waals surface area contributed by atoms with Crippen molar-refractivity contribution in [3.05, 3.63) is 81.8 Å². The van der Waals surface area contributed by atoms with Gasteiger partial charge >= 0.3 is 0 Å². The number of carbonyl (C=O) groups is 4. The molecule has 0 bridgehead atoms. The first-order valence-corrected chi connectivity index (χ1v) is 16.3. The van der Waals surface area contributed by atoms with Crippen molar-refractivity contribution in [3.8, 4) is 0 Å². The average Bonchev–Trinajstić information content (AvgIpc) is 3.87. The Bertz CT molecular complexity index is 2300. The fourth-order valence-corrected chi connectivity index (χ4v) is 6.45. The summed E-state index contributed by atoms with van der Waals surface area (Å²) in [6, 6.07) is 9.89. The number of fused-ring (bicyclic) bond motifs is 2. The minimum absolute atomic E-state index is 0.262. The zero-order valence-corrected chi connectivity index (χ0v) is 28.0. The number of nitrogens with one attached hydrogen (secondary N) is 2. The molecule has 0 aliphatic rings. The molecular formula is C32H34N12O4S. The second-order valence-electron chi connectivity index (χ2n) is 11.2. The summed E-state index contributed by atoms with van der Waals surface area (Å²) in [5, 5.41) is 14.5. The Labute approximate surface area is 283 Å². The van der Waals surface area contributed by atoms with Crippen LogP contribution in [-0.4, -0.2) is 62.3 Å². The molecule has 4 amide bonds. The van der Waals surface area contributed by atoms with E-state index in [1.165, 1.54) is 11.3 Å². The SMILES string of the molecule is CCn1nc(C)cc1C(=O)Nc1nc2cc(C(N)=O)ccc2n1C/C=C/Cn1c(NC(=O)c2cc(C)nn2CC)nc2cc(C(N)=O)sc21. The van der Waals surface area contributed by atoms with Crippen molar-refractivity contribution < 1.29 is 19.2 Å². The van der Waals surface area contributed by atoms with Crippen molar-refractivity contribution in [2.24, 2.45) is 11.5 Å². The number of nitrogens with zero attached hydrogens (tertiary/aromatic N) is 8. The number of aryl methyl sites for hydroxylation is 4. The smallest absolute Gasteiger partial charge is 0.276 e. The van der Waals surface area contributed by atoms with Crippen LogP contribution in [0.2, 0.25) is 0 Å². The highest BCUT2D eigenvalue weighted by molar-refractivity contribution is 7.20. The minimum atomic E-state index is -0.596. The van der Waals surface area contributed by atoms with Gasteiger partial charge in [0, 0.05) is 31.7 Å². The first-order chi connectivity index (χ1) is 23.5. The van der Waals surface area contributed by atoms with Crippen LogP contribution in [0.4, 0.5) is 11.9 Å². The predicted octanol–water partition coefficient (Wildman–Crippen LogP) is 3.46. The summed E-state index contributed by atoms with van der Waals surface area (Å²) in [6.07, 6.45) is 3.74. The molecule has 0 saturated carbocycles. The molecule has 0 unspecified atom stereocenters. The maximum atomic E-state index is 13.3. The lowest BCUT2D eigenvalue weighted by Gasteiger charge is -2.10. The topological polar surface area (TPSA) is 216 Å². The number of rotatable bonds is 12. The van der Waals surface area contributed by atoms with E-state index in [0.717, 1.165) is 0 Å². The van der Waals surface area contributed by atoms with Crippen molar-refractivity contribution >= 4 is 68.2 Å². The predicted molar refractivity (Wildman–Crippen MR) is 185 cm³/mol. The van der Waals surface area contributed by atoms with Crippen molar-refractivity contribution in [1.82, 2.24) is 38.7 Å². The Morgan fingerprint density at radius 3 is 1.86 bits per heavy atom. The van der Waals surface area contributed by atoms with E-state index in [2.05, 4.69) is 30.8 Å². The molecule has 0 atom stereocenters. The molecule has 252 valence electrons. The van der Waals surface area contributed by atoms with Gasteiger partial charge in [-0.1, -0.05) is 12.2 Å². The zero-order valence-electron chi connectivity index (χ0n) is 27.2. The molecule has 0 aliphatic heterocycles. The normalized spacial score (nSPS) is 11.6. The van der Waals surface area contributed by atoms with Crippen LogP contribution >= 0.6 is 11.3 Å². The molecule has 5 aromatic heterocycles. The minimum Gasteiger partial charge on any atom is -0.366 e. The van der Waals surface area contributed by atoms with E-state index >= 15 is 0 Å². The van der Waals surface area contributed by atoms with E-state index in [-0.39, 0.29) is 42.4 Å². The Morgan fingerprint density at radius 1 is 0.755 bits per heavy atom. The van der Waals surface area contributed by atoms with E-state index in [9.17, 15) is 19.2 Å². The molecule has 0 aliphatic carbocycles. The Morgan fingerprint density at radius 2 is 1.31 bits per heavy atom. The lowest BCUT2D eigenvalue weighted by Crippen LogP contribution is -2.20. The molecular weight excluding hydrogens is 648 g/mol. The third-order valence-electron chi connectivity index (χ3n) is 7.76. The molecule has 6 N–H and O–H groups in total. The molecule has 0 saturated heterocycles.